The van der Waals surface area contributed by atoms with E-state index in [1.807, 2.05) is 0 Å². The van der Waals surface area contributed by atoms with Gasteiger partial charge in [0, 0.05) is 13.1 Å². The molecule has 1 aliphatic rings. The largest absolute Gasteiger partial charge is 0.338 e. The summed E-state index contributed by atoms with van der Waals surface area (Å²) in [5.74, 6) is 0.518. The van der Waals surface area contributed by atoms with Crippen LogP contribution in [0.1, 0.15) is 30.6 Å². The average molecular weight is 235 g/mol. The fourth-order valence-electron chi connectivity index (χ4n) is 2.25. The molecule has 0 aliphatic carbocycles. The molecule has 2 atom stereocenters. The minimum Gasteiger partial charge on any atom is -0.338 e. The minimum absolute atomic E-state index is 0.179. The summed E-state index contributed by atoms with van der Waals surface area (Å²) < 4.78 is 13.5. The molecule has 3 heteroatoms. The predicted molar refractivity (Wildman–Crippen MR) is 65.2 cm³/mol. The topological polar surface area (TPSA) is 20.3 Å². The summed E-state index contributed by atoms with van der Waals surface area (Å²) in [6.45, 7) is 5.81. The molecular formula is C14H18FNO. The molecule has 1 aromatic rings. The van der Waals surface area contributed by atoms with Gasteiger partial charge in [0.2, 0.25) is 0 Å². The molecule has 1 aromatic carbocycles. The molecular weight excluding hydrogens is 217 g/mol. The Hall–Kier alpha value is -1.38. The number of likely N-dealkylation sites (tertiary alicyclic amines) is 1. The van der Waals surface area contributed by atoms with E-state index in [2.05, 4.69) is 13.8 Å². The molecule has 1 saturated heterocycles. The normalized spacial score (nSPS) is 24.8. The number of hydrogen-bond donors (Lipinski definition) is 0. The number of piperidine rings is 1. The van der Waals surface area contributed by atoms with Crippen molar-refractivity contribution < 1.29 is 9.18 Å². The van der Waals surface area contributed by atoms with Crippen LogP contribution in [0, 0.1) is 17.7 Å². The van der Waals surface area contributed by atoms with E-state index in [0.29, 0.717) is 11.8 Å². The number of nitrogens with zero attached hydrogens (tertiary/aromatic N) is 1. The van der Waals surface area contributed by atoms with Gasteiger partial charge >= 0.3 is 0 Å². The molecule has 1 heterocycles. The van der Waals surface area contributed by atoms with Crippen LogP contribution in [0.25, 0.3) is 0 Å². The monoisotopic (exact) mass is 235 g/mol. The zero-order valence-corrected chi connectivity index (χ0v) is 10.3. The van der Waals surface area contributed by atoms with Crippen LogP contribution in [0.15, 0.2) is 24.3 Å². The van der Waals surface area contributed by atoms with Crippen LogP contribution in [-0.2, 0) is 0 Å². The van der Waals surface area contributed by atoms with E-state index >= 15 is 0 Å². The van der Waals surface area contributed by atoms with Crippen LogP contribution < -0.4 is 0 Å². The standard InChI is InChI=1S/C14H18FNO/c1-10-7-8-16(9-11(10)2)14(17)12-5-3-4-6-13(12)15/h3-6,10-11H,7-9H2,1-2H3. The van der Waals surface area contributed by atoms with E-state index in [0.717, 1.165) is 19.5 Å². The number of rotatable bonds is 1. The Balaban J connectivity index is 2.14. The summed E-state index contributed by atoms with van der Waals surface area (Å²) in [6, 6.07) is 6.20. The van der Waals surface area contributed by atoms with Crippen LogP contribution in [-0.4, -0.2) is 23.9 Å². The van der Waals surface area contributed by atoms with Gasteiger partial charge in [-0.3, -0.25) is 4.79 Å². The lowest BCUT2D eigenvalue weighted by molar-refractivity contribution is 0.0623. The zero-order chi connectivity index (χ0) is 12.4. The Morgan fingerprint density at radius 1 is 1.29 bits per heavy atom. The maximum atomic E-state index is 13.5. The number of carbonyl (C=O) groups is 1. The molecule has 1 aliphatic heterocycles. The molecule has 0 N–H and O–H groups in total. The summed E-state index contributed by atoms with van der Waals surface area (Å²) in [5, 5.41) is 0. The van der Waals surface area contributed by atoms with E-state index in [-0.39, 0.29) is 11.5 Å². The first kappa shape index (κ1) is 12.1. The maximum Gasteiger partial charge on any atom is 0.256 e. The summed E-state index contributed by atoms with van der Waals surface area (Å²) in [5.41, 5.74) is 0.189. The fourth-order valence-corrected chi connectivity index (χ4v) is 2.25. The fraction of sp³-hybridized carbons (Fsp3) is 0.500. The Morgan fingerprint density at radius 3 is 2.65 bits per heavy atom. The van der Waals surface area contributed by atoms with Crippen LogP contribution >= 0.6 is 0 Å². The first-order valence-corrected chi connectivity index (χ1v) is 6.13. The first-order valence-electron chi connectivity index (χ1n) is 6.13. The Morgan fingerprint density at radius 2 is 2.00 bits per heavy atom. The van der Waals surface area contributed by atoms with Gasteiger partial charge in [0.25, 0.3) is 5.91 Å². The lowest BCUT2D eigenvalue weighted by Crippen LogP contribution is -2.42. The van der Waals surface area contributed by atoms with E-state index in [4.69, 9.17) is 0 Å². The number of carbonyl (C=O) groups excluding carboxylic acids is 1. The highest BCUT2D eigenvalue weighted by molar-refractivity contribution is 5.94. The average Bonchev–Trinajstić information content (AvgIpc) is 2.32. The number of amides is 1. The van der Waals surface area contributed by atoms with Gasteiger partial charge in [0.1, 0.15) is 5.82 Å². The van der Waals surface area contributed by atoms with Crippen LogP contribution in [0.2, 0.25) is 0 Å². The van der Waals surface area contributed by atoms with Crippen LogP contribution in [0.5, 0.6) is 0 Å². The van der Waals surface area contributed by atoms with Gasteiger partial charge in [-0.2, -0.15) is 0 Å². The van der Waals surface area contributed by atoms with Crippen LogP contribution in [0.4, 0.5) is 4.39 Å². The number of halogens is 1. The third-order valence-electron chi connectivity index (χ3n) is 3.73. The van der Waals surface area contributed by atoms with Crippen molar-refractivity contribution in [2.45, 2.75) is 20.3 Å². The lowest BCUT2D eigenvalue weighted by Gasteiger charge is -2.35. The second-order valence-electron chi connectivity index (χ2n) is 4.97. The Labute approximate surface area is 101 Å². The lowest BCUT2D eigenvalue weighted by atomic mass is 9.88. The molecule has 2 nitrogen and oxygen atoms in total. The highest BCUT2D eigenvalue weighted by Crippen LogP contribution is 2.24. The van der Waals surface area contributed by atoms with Crippen molar-refractivity contribution in [1.82, 2.24) is 4.90 Å². The Kier molecular flexibility index (Phi) is 3.46. The highest BCUT2D eigenvalue weighted by Gasteiger charge is 2.27. The van der Waals surface area contributed by atoms with Gasteiger partial charge in [-0.05, 0) is 30.4 Å². The third kappa shape index (κ3) is 2.48. The molecule has 0 spiro atoms. The van der Waals surface area contributed by atoms with Gasteiger partial charge < -0.3 is 4.90 Å². The van der Waals surface area contributed by atoms with E-state index < -0.39 is 5.82 Å². The molecule has 1 fully saturated rings. The van der Waals surface area contributed by atoms with Gasteiger partial charge in [0.15, 0.2) is 0 Å². The van der Waals surface area contributed by atoms with E-state index in [1.54, 1.807) is 23.1 Å². The minimum atomic E-state index is -0.427. The van der Waals surface area contributed by atoms with Crippen molar-refractivity contribution in [2.24, 2.45) is 11.8 Å². The smallest absolute Gasteiger partial charge is 0.256 e. The number of benzene rings is 1. The first-order chi connectivity index (χ1) is 8.09. The molecule has 92 valence electrons. The number of hydrogen-bond acceptors (Lipinski definition) is 1. The molecule has 0 aromatic heterocycles. The molecule has 1 amide bonds. The second kappa shape index (κ2) is 4.86. The molecule has 0 radical (unpaired) electrons. The van der Waals surface area contributed by atoms with Crippen LogP contribution in [0.3, 0.4) is 0 Å². The van der Waals surface area contributed by atoms with Crippen molar-refractivity contribution in [3.05, 3.63) is 35.6 Å². The Bertz CT molecular complexity index is 418. The SMILES string of the molecule is CC1CCN(C(=O)c2ccccc2F)CC1C. The van der Waals surface area contributed by atoms with Gasteiger partial charge in [-0.15, -0.1) is 0 Å². The zero-order valence-electron chi connectivity index (χ0n) is 10.3. The molecule has 0 bridgehead atoms. The van der Waals surface area contributed by atoms with Gasteiger partial charge in [0.05, 0.1) is 5.56 Å². The quantitative estimate of drug-likeness (QED) is 0.733. The van der Waals surface area contributed by atoms with Crippen molar-refractivity contribution in [1.29, 1.82) is 0 Å². The van der Waals surface area contributed by atoms with Gasteiger partial charge in [-0.1, -0.05) is 26.0 Å². The summed E-state index contributed by atoms with van der Waals surface area (Å²) in [7, 11) is 0. The van der Waals surface area contributed by atoms with Crippen molar-refractivity contribution >= 4 is 5.91 Å². The van der Waals surface area contributed by atoms with Crippen molar-refractivity contribution in [3.63, 3.8) is 0 Å². The maximum absolute atomic E-state index is 13.5. The second-order valence-corrected chi connectivity index (χ2v) is 4.97. The molecule has 0 saturated carbocycles. The van der Waals surface area contributed by atoms with E-state index in [1.165, 1.54) is 6.07 Å². The summed E-state index contributed by atoms with van der Waals surface area (Å²) in [4.78, 5) is 13.9. The summed E-state index contributed by atoms with van der Waals surface area (Å²) >= 11 is 0. The van der Waals surface area contributed by atoms with Crippen molar-refractivity contribution in [3.8, 4) is 0 Å². The molecule has 2 rings (SSSR count). The van der Waals surface area contributed by atoms with E-state index in [9.17, 15) is 9.18 Å². The summed E-state index contributed by atoms with van der Waals surface area (Å²) in [6.07, 6.45) is 1.00. The van der Waals surface area contributed by atoms with Crippen molar-refractivity contribution in [2.75, 3.05) is 13.1 Å². The van der Waals surface area contributed by atoms with Gasteiger partial charge in [-0.25, -0.2) is 4.39 Å². The molecule has 2 unspecified atom stereocenters. The molecule has 17 heavy (non-hydrogen) atoms. The highest BCUT2D eigenvalue weighted by atomic mass is 19.1. The predicted octanol–water partition coefficient (Wildman–Crippen LogP) is 2.94. The third-order valence-corrected chi connectivity index (χ3v) is 3.73.